The Morgan fingerprint density at radius 1 is 1.13 bits per heavy atom. The number of rotatable bonds is 5. The summed E-state index contributed by atoms with van der Waals surface area (Å²) in [6.45, 7) is 2.23. The maximum absolute atomic E-state index is 13.3. The van der Waals surface area contributed by atoms with Gasteiger partial charge in [0.15, 0.2) is 0 Å². The van der Waals surface area contributed by atoms with E-state index in [1.807, 2.05) is 24.1 Å². The number of likely N-dealkylation sites (N-methyl/N-ethyl adjacent to an activating group) is 1. The molecule has 0 saturated carbocycles. The van der Waals surface area contributed by atoms with Crippen LogP contribution in [0.15, 0.2) is 36.4 Å². The minimum absolute atomic E-state index is 0. The van der Waals surface area contributed by atoms with Crippen molar-refractivity contribution in [3.05, 3.63) is 63.1 Å². The molecule has 0 N–H and O–H groups in total. The van der Waals surface area contributed by atoms with Gasteiger partial charge in [-0.3, -0.25) is 9.69 Å². The van der Waals surface area contributed by atoms with Gasteiger partial charge in [-0.1, -0.05) is 35.3 Å². The molecule has 1 fully saturated rings. The molecule has 4 rings (SSSR count). The summed E-state index contributed by atoms with van der Waals surface area (Å²) in [6, 6.07) is 12.1. The van der Waals surface area contributed by atoms with Crippen LogP contribution in [0.5, 0.6) is 5.75 Å². The second kappa shape index (κ2) is 10.4. The Labute approximate surface area is 200 Å². The number of carbonyl (C=O) groups excluding carboxylic acids is 1. The van der Waals surface area contributed by atoms with Crippen LogP contribution < -0.4 is 4.74 Å². The topological polar surface area (TPSA) is 32.8 Å². The number of fused-ring (bicyclic) bond motifs is 1. The molecule has 1 amide bonds. The number of amides is 1. The van der Waals surface area contributed by atoms with E-state index in [0.29, 0.717) is 22.5 Å². The first-order valence-corrected chi connectivity index (χ1v) is 11.3. The van der Waals surface area contributed by atoms with Crippen LogP contribution in [0, 0.1) is 0 Å². The zero-order valence-corrected chi connectivity index (χ0v) is 20.3. The Hall–Kier alpha value is -1.46. The molecule has 4 nitrogen and oxygen atoms in total. The maximum Gasteiger partial charge on any atom is 0.227 e. The summed E-state index contributed by atoms with van der Waals surface area (Å²) in [5, 5.41) is 0.986. The van der Waals surface area contributed by atoms with Crippen LogP contribution in [0.3, 0.4) is 0 Å². The van der Waals surface area contributed by atoms with Gasteiger partial charge in [0.05, 0.1) is 29.6 Å². The summed E-state index contributed by atoms with van der Waals surface area (Å²) < 4.78 is 5.44. The fourth-order valence-electron chi connectivity index (χ4n) is 4.91. The van der Waals surface area contributed by atoms with Crippen LogP contribution in [-0.2, 0) is 17.6 Å². The van der Waals surface area contributed by atoms with Crippen LogP contribution >= 0.6 is 35.6 Å². The van der Waals surface area contributed by atoms with Crippen molar-refractivity contribution in [2.24, 2.45) is 0 Å². The molecule has 168 valence electrons. The lowest BCUT2D eigenvalue weighted by Gasteiger charge is -2.43. The molecule has 2 atom stereocenters. The first-order chi connectivity index (χ1) is 14.5. The molecule has 1 heterocycles. The van der Waals surface area contributed by atoms with Gasteiger partial charge in [0, 0.05) is 13.1 Å². The number of nitrogens with zero attached hydrogens (tertiary/aromatic N) is 2. The quantitative estimate of drug-likeness (QED) is 0.557. The molecule has 1 aliphatic heterocycles. The van der Waals surface area contributed by atoms with E-state index in [0.717, 1.165) is 37.2 Å². The molecule has 2 aromatic rings. The molecule has 0 bridgehead atoms. The molecule has 1 saturated heterocycles. The largest absolute Gasteiger partial charge is 0.497 e. The molecule has 0 radical (unpaired) electrons. The van der Waals surface area contributed by atoms with E-state index in [-0.39, 0.29) is 24.4 Å². The van der Waals surface area contributed by atoms with Gasteiger partial charge < -0.3 is 9.64 Å². The highest BCUT2D eigenvalue weighted by atomic mass is 35.5. The minimum Gasteiger partial charge on any atom is -0.497 e. The molecule has 0 aromatic heterocycles. The third-order valence-electron chi connectivity index (χ3n) is 6.50. The zero-order chi connectivity index (χ0) is 21.3. The summed E-state index contributed by atoms with van der Waals surface area (Å²) in [5.74, 6) is 0.961. The molecule has 31 heavy (non-hydrogen) atoms. The predicted octanol–water partition coefficient (Wildman–Crippen LogP) is 5.58. The van der Waals surface area contributed by atoms with Gasteiger partial charge in [-0.15, -0.1) is 12.4 Å². The van der Waals surface area contributed by atoms with Crippen molar-refractivity contribution in [3.8, 4) is 5.75 Å². The van der Waals surface area contributed by atoms with E-state index in [1.165, 1.54) is 24.0 Å². The van der Waals surface area contributed by atoms with E-state index in [4.69, 9.17) is 27.9 Å². The lowest BCUT2D eigenvalue weighted by atomic mass is 9.82. The van der Waals surface area contributed by atoms with Crippen LogP contribution in [0.4, 0.5) is 0 Å². The normalized spacial score (nSPS) is 20.6. The number of halogens is 3. The molecule has 0 spiro atoms. The van der Waals surface area contributed by atoms with Gasteiger partial charge >= 0.3 is 0 Å². The third-order valence-corrected chi connectivity index (χ3v) is 7.24. The monoisotopic (exact) mass is 482 g/mol. The van der Waals surface area contributed by atoms with E-state index in [2.05, 4.69) is 17.0 Å². The average molecular weight is 484 g/mol. The van der Waals surface area contributed by atoms with E-state index in [1.54, 1.807) is 19.2 Å². The van der Waals surface area contributed by atoms with Gasteiger partial charge in [-0.2, -0.15) is 0 Å². The molecule has 7 heteroatoms. The fraction of sp³-hybridized carbons (Fsp3) is 0.458. The van der Waals surface area contributed by atoms with Gasteiger partial charge in [0.25, 0.3) is 0 Å². The van der Waals surface area contributed by atoms with Gasteiger partial charge in [0.2, 0.25) is 5.91 Å². The number of hydrogen-bond donors (Lipinski definition) is 0. The Bertz CT molecular complexity index is 931. The number of aryl methyl sites for hydroxylation is 1. The smallest absolute Gasteiger partial charge is 0.227 e. The average Bonchev–Trinajstić information content (AvgIpc) is 3.29. The summed E-state index contributed by atoms with van der Waals surface area (Å²) in [7, 11) is 3.63. The molecule has 2 aliphatic rings. The number of likely N-dealkylation sites (tertiary alicyclic amines) is 1. The molecule has 1 aliphatic carbocycles. The van der Waals surface area contributed by atoms with E-state index >= 15 is 0 Å². The first kappa shape index (κ1) is 24.2. The molecular formula is C24H29Cl3N2O2. The second-order valence-corrected chi connectivity index (χ2v) is 9.10. The number of carbonyl (C=O) groups is 1. The Balaban J connectivity index is 0.00000272. The number of benzene rings is 2. The Morgan fingerprint density at radius 2 is 1.87 bits per heavy atom. The Kier molecular flexibility index (Phi) is 8.14. The van der Waals surface area contributed by atoms with E-state index < -0.39 is 0 Å². The number of ether oxygens (including phenoxy) is 1. The van der Waals surface area contributed by atoms with Gasteiger partial charge in [-0.05, 0) is 79.7 Å². The minimum atomic E-state index is 0. The highest BCUT2D eigenvalue weighted by molar-refractivity contribution is 6.42. The van der Waals surface area contributed by atoms with Crippen LogP contribution in [0.25, 0.3) is 0 Å². The molecular weight excluding hydrogens is 455 g/mol. The highest BCUT2D eigenvalue weighted by Crippen LogP contribution is 2.39. The number of hydrogen-bond acceptors (Lipinski definition) is 3. The van der Waals surface area contributed by atoms with Crippen molar-refractivity contribution in [3.63, 3.8) is 0 Å². The van der Waals surface area contributed by atoms with Gasteiger partial charge in [0.1, 0.15) is 5.75 Å². The predicted molar refractivity (Wildman–Crippen MR) is 129 cm³/mol. The lowest BCUT2D eigenvalue weighted by molar-refractivity contribution is -0.133. The molecule has 2 aromatic carbocycles. The van der Waals surface area contributed by atoms with Gasteiger partial charge in [-0.25, -0.2) is 0 Å². The summed E-state index contributed by atoms with van der Waals surface area (Å²) >= 11 is 12.2. The van der Waals surface area contributed by atoms with Crippen molar-refractivity contribution >= 4 is 41.5 Å². The lowest BCUT2D eigenvalue weighted by Crippen LogP contribution is -2.48. The highest BCUT2D eigenvalue weighted by Gasteiger charge is 2.38. The molecule has 0 unspecified atom stereocenters. The standard InChI is InChI=1S/C24H28Cl2N2O2.ClH/c1-27(23(29)14-16-5-9-20(25)21(26)13-16)24-19-8-7-18(30-2)15-17(19)6-10-22(24)28-11-3-4-12-28;/h5,7-9,13,15,22,24H,3-4,6,10-12,14H2,1-2H3;1H/t22-,24-;/m0./s1. The van der Waals surface area contributed by atoms with Crippen molar-refractivity contribution < 1.29 is 9.53 Å². The summed E-state index contributed by atoms with van der Waals surface area (Å²) in [4.78, 5) is 17.8. The van der Waals surface area contributed by atoms with Crippen LogP contribution in [-0.4, -0.2) is 49.0 Å². The first-order valence-electron chi connectivity index (χ1n) is 10.6. The Morgan fingerprint density at radius 3 is 2.55 bits per heavy atom. The van der Waals surface area contributed by atoms with E-state index in [9.17, 15) is 4.79 Å². The zero-order valence-electron chi connectivity index (χ0n) is 17.9. The third kappa shape index (κ3) is 5.14. The van der Waals surface area contributed by atoms with Crippen molar-refractivity contribution in [2.45, 2.75) is 44.2 Å². The summed E-state index contributed by atoms with van der Waals surface area (Å²) in [6.07, 6.45) is 4.84. The van der Waals surface area contributed by atoms with Crippen molar-refractivity contribution in [1.29, 1.82) is 0 Å². The number of methoxy groups -OCH3 is 1. The van der Waals surface area contributed by atoms with Crippen LogP contribution in [0.2, 0.25) is 10.0 Å². The van der Waals surface area contributed by atoms with Crippen molar-refractivity contribution in [2.75, 3.05) is 27.2 Å². The van der Waals surface area contributed by atoms with Crippen LogP contribution in [0.1, 0.15) is 42.0 Å². The SMILES string of the molecule is COc1ccc2c(c1)CC[C@H](N1CCCC1)[C@H]2N(C)C(=O)Cc1ccc(Cl)c(Cl)c1.Cl. The second-order valence-electron chi connectivity index (χ2n) is 8.29. The van der Waals surface area contributed by atoms with Crippen molar-refractivity contribution in [1.82, 2.24) is 9.80 Å². The maximum atomic E-state index is 13.3. The fourth-order valence-corrected chi connectivity index (χ4v) is 5.23. The summed E-state index contributed by atoms with van der Waals surface area (Å²) in [5.41, 5.74) is 3.40.